The molecule has 0 spiro atoms. The zero-order valence-electron chi connectivity index (χ0n) is 20.2. The molecule has 0 aromatic heterocycles. The number of thioether (sulfide) groups is 1. The monoisotopic (exact) mass is 731 g/mol. The van der Waals surface area contributed by atoms with Crippen LogP contribution in [0.2, 0.25) is 0 Å². The van der Waals surface area contributed by atoms with Gasteiger partial charge < -0.3 is 4.90 Å². The number of amides is 1. The van der Waals surface area contributed by atoms with Crippen LogP contribution < -0.4 is 4.90 Å². The molecule has 0 aliphatic carbocycles. The van der Waals surface area contributed by atoms with Gasteiger partial charge in [-0.15, -0.1) is 11.8 Å². The average molecular weight is 732 g/mol. The zero-order valence-corrected chi connectivity index (χ0v) is 22.6. The standard InChI is InChI=1S/C21H15BrF17NOS/c1-2-6-40-11-4-3-9(22)8-10(11)12(13(40)41)42-7-5-14(23,24)15(25,26)16(27,28)17(29,30)18(31,32)19(33,34)20(35,36)21(37,38)39/h3-4,8,12H,2,5-7H2,1H3. The highest BCUT2D eigenvalue weighted by molar-refractivity contribution is 9.10. The van der Waals surface area contributed by atoms with E-state index in [1.807, 2.05) is 0 Å². The first kappa shape index (κ1) is 36.5. The highest BCUT2D eigenvalue weighted by Crippen LogP contribution is 2.64. The molecule has 2 nitrogen and oxygen atoms in total. The quantitative estimate of drug-likeness (QED) is 0.200. The Bertz CT molecular complexity index is 1170. The van der Waals surface area contributed by atoms with E-state index in [-0.39, 0.29) is 29.6 Å². The Hall–Kier alpha value is -1.67. The summed E-state index contributed by atoms with van der Waals surface area (Å²) in [5, 5.41) is -1.44. The Morgan fingerprint density at radius 1 is 0.738 bits per heavy atom. The van der Waals surface area contributed by atoms with E-state index < -0.39 is 71.0 Å². The number of hydrogen-bond acceptors (Lipinski definition) is 2. The first-order chi connectivity index (χ1) is 18.6. The van der Waals surface area contributed by atoms with Crippen LogP contribution in [0, 0.1) is 0 Å². The van der Waals surface area contributed by atoms with Gasteiger partial charge in [0.05, 0.1) is 0 Å². The smallest absolute Gasteiger partial charge is 0.311 e. The van der Waals surface area contributed by atoms with E-state index in [0.29, 0.717) is 10.9 Å². The summed E-state index contributed by atoms with van der Waals surface area (Å²) in [6.07, 6.45) is -10.0. The van der Waals surface area contributed by atoms with Crippen LogP contribution in [0.15, 0.2) is 22.7 Å². The van der Waals surface area contributed by atoms with Gasteiger partial charge in [-0.3, -0.25) is 4.79 Å². The van der Waals surface area contributed by atoms with Crippen molar-refractivity contribution in [3.63, 3.8) is 0 Å². The number of carbonyl (C=O) groups excluding carboxylic acids is 1. The van der Waals surface area contributed by atoms with Crippen molar-refractivity contribution in [1.29, 1.82) is 0 Å². The van der Waals surface area contributed by atoms with E-state index in [1.54, 1.807) is 6.92 Å². The summed E-state index contributed by atoms with van der Waals surface area (Å²) in [5.74, 6) is -58.8. The van der Waals surface area contributed by atoms with Crippen LogP contribution in [0.4, 0.5) is 80.3 Å². The van der Waals surface area contributed by atoms with E-state index >= 15 is 0 Å². The molecule has 0 saturated carbocycles. The molecule has 242 valence electrons. The predicted molar refractivity (Wildman–Crippen MR) is 117 cm³/mol. The highest BCUT2D eigenvalue weighted by Gasteiger charge is 2.95. The first-order valence-electron chi connectivity index (χ1n) is 11.0. The van der Waals surface area contributed by atoms with Crippen LogP contribution >= 0.6 is 27.7 Å². The number of benzene rings is 1. The van der Waals surface area contributed by atoms with E-state index in [9.17, 15) is 79.4 Å². The second-order valence-corrected chi connectivity index (χ2v) is 11.0. The van der Waals surface area contributed by atoms with E-state index in [1.165, 1.54) is 18.2 Å². The van der Waals surface area contributed by atoms with Gasteiger partial charge in [0.2, 0.25) is 5.91 Å². The maximum Gasteiger partial charge on any atom is 0.460 e. The third-order valence-electron chi connectivity index (χ3n) is 5.99. The topological polar surface area (TPSA) is 20.3 Å². The van der Waals surface area contributed by atoms with Crippen molar-refractivity contribution in [2.24, 2.45) is 0 Å². The Labute approximate surface area is 237 Å². The lowest BCUT2D eigenvalue weighted by atomic mass is 9.88. The summed E-state index contributed by atoms with van der Waals surface area (Å²) >= 11 is 3.15. The molecule has 1 amide bonds. The minimum absolute atomic E-state index is 0.0757. The van der Waals surface area contributed by atoms with Crippen molar-refractivity contribution in [3.05, 3.63) is 28.2 Å². The third-order valence-corrected chi connectivity index (χ3v) is 7.71. The van der Waals surface area contributed by atoms with Crippen molar-refractivity contribution in [2.75, 3.05) is 17.2 Å². The molecule has 0 fully saturated rings. The summed E-state index contributed by atoms with van der Waals surface area (Å²) < 4.78 is 229. The Balaban J connectivity index is 2.37. The van der Waals surface area contributed by atoms with Gasteiger partial charge >= 0.3 is 47.6 Å². The normalized spacial score (nSPS) is 18.1. The molecule has 42 heavy (non-hydrogen) atoms. The van der Waals surface area contributed by atoms with Gasteiger partial charge in [0.15, 0.2) is 0 Å². The fourth-order valence-electron chi connectivity index (χ4n) is 3.65. The van der Waals surface area contributed by atoms with E-state index in [0.717, 1.165) is 4.90 Å². The number of rotatable bonds is 12. The number of hydrogen-bond donors (Lipinski definition) is 0. The summed E-state index contributed by atoms with van der Waals surface area (Å²) in [4.78, 5) is 13.9. The number of nitrogens with zero attached hydrogens (tertiary/aromatic N) is 1. The number of anilines is 1. The molecule has 2 rings (SSSR count). The lowest BCUT2D eigenvalue weighted by Gasteiger charge is -2.42. The number of fused-ring (bicyclic) bond motifs is 1. The van der Waals surface area contributed by atoms with Gasteiger partial charge in [-0.25, -0.2) is 0 Å². The zero-order chi connectivity index (χ0) is 33.1. The Morgan fingerprint density at radius 2 is 1.19 bits per heavy atom. The molecule has 1 aliphatic heterocycles. The second kappa shape index (κ2) is 11.0. The molecule has 0 bridgehead atoms. The summed E-state index contributed by atoms with van der Waals surface area (Å²) in [7, 11) is 0. The molecular weight excluding hydrogens is 717 g/mol. The van der Waals surface area contributed by atoms with Crippen molar-refractivity contribution < 1.29 is 79.4 Å². The minimum atomic E-state index is -8.66. The molecule has 0 radical (unpaired) electrons. The third kappa shape index (κ3) is 5.31. The molecule has 1 aromatic carbocycles. The molecule has 1 aromatic rings. The molecule has 21 heteroatoms. The maximum absolute atomic E-state index is 14.2. The number of carbonyl (C=O) groups is 1. The highest BCUT2D eigenvalue weighted by atomic mass is 79.9. The average Bonchev–Trinajstić information content (AvgIpc) is 3.08. The van der Waals surface area contributed by atoms with Crippen LogP contribution in [0.25, 0.3) is 0 Å². The molecule has 0 N–H and O–H groups in total. The van der Waals surface area contributed by atoms with Crippen LogP contribution in [0.5, 0.6) is 0 Å². The van der Waals surface area contributed by atoms with Crippen LogP contribution in [-0.4, -0.2) is 65.8 Å². The largest absolute Gasteiger partial charge is 0.460 e. The molecule has 1 heterocycles. The molecule has 1 aliphatic rings. The maximum atomic E-state index is 14.2. The van der Waals surface area contributed by atoms with Gasteiger partial charge in [0.25, 0.3) is 0 Å². The van der Waals surface area contributed by atoms with Crippen molar-refractivity contribution in [3.8, 4) is 0 Å². The second-order valence-electron chi connectivity index (χ2n) is 8.84. The predicted octanol–water partition coefficient (Wildman–Crippen LogP) is 9.38. The van der Waals surface area contributed by atoms with Gasteiger partial charge in [-0.05, 0) is 30.2 Å². The van der Waals surface area contributed by atoms with Crippen LogP contribution in [0.3, 0.4) is 0 Å². The fourth-order valence-corrected chi connectivity index (χ4v) is 5.27. The molecule has 1 atom stereocenters. The van der Waals surface area contributed by atoms with Gasteiger partial charge in [-0.2, -0.15) is 74.6 Å². The van der Waals surface area contributed by atoms with Crippen molar-refractivity contribution >= 4 is 39.3 Å². The number of halogens is 18. The van der Waals surface area contributed by atoms with Gasteiger partial charge in [0.1, 0.15) is 5.25 Å². The molecular formula is C21H15BrF17NOS. The lowest BCUT2D eigenvalue weighted by molar-refractivity contribution is -0.461. The number of alkyl halides is 17. The summed E-state index contributed by atoms with van der Waals surface area (Å²) in [6, 6.07) is 4.17. The van der Waals surface area contributed by atoms with E-state index in [2.05, 4.69) is 15.9 Å². The Kier molecular flexibility index (Phi) is 9.60. The van der Waals surface area contributed by atoms with Crippen molar-refractivity contribution in [2.45, 2.75) is 72.6 Å². The summed E-state index contributed by atoms with van der Waals surface area (Å²) in [6.45, 7) is 1.71. The van der Waals surface area contributed by atoms with E-state index in [4.69, 9.17) is 0 Å². The van der Waals surface area contributed by atoms with Gasteiger partial charge in [0, 0.05) is 28.9 Å². The van der Waals surface area contributed by atoms with Crippen LogP contribution in [-0.2, 0) is 4.79 Å². The minimum Gasteiger partial charge on any atom is -0.311 e. The fraction of sp³-hybridized carbons (Fsp3) is 0.667. The summed E-state index contributed by atoms with van der Waals surface area (Å²) in [5.41, 5.74) is 0.358. The van der Waals surface area contributed by atoms with Crippen LogP contribution in [0.1, 0.15) is 30.6 Å². The van der Waals surface area contributed by atoms with Crippen molar-refractivity contribution in [1.82, 2.24) is 0 Å². The van der Waals surface area contributed by atoms with Gasteiger partial charge in [-0.1, -0.05) is 22.9 Å². The Morgan fingerprint density at radius 3 is 1.64 bits per heavy atom. The molecule has 0 saturated heterocycles. The molecule has 1 unspecified atom stereocenters. The SMILES string of the molecule is CCCN1C(=O)C(SCCC(F)(F)C(F)(F)C(F)(F)C(F)(F)C(F)(F)C(F)(F)C(F)(F)C(F)(F)F)c2cc(Br)ccc21. The lowest BCUT2D eigenvalue weighted by Crippen LogP contribution is -2.74. The first-order valence-corrected chi connectivity index (χ1v) is 12.9.